The Bertz CT molecular complexity index is 2770. The van der Waals surface area contributed by atoms with Gasteiger partial charge in [-0.25, -0.2) is 22.5 Å². The number of amides is 1. The second-order valence-corrected chi connectivity index (χ2v) is 21.8. The number of aliphatic hydroxyl groups is 1. The number of carbonyl (C=O) groups is 1. The van der Waals surface area contributed by atoms with E-state index in [4.69, 9.17) is 4.74 Å². The molecule has 2 saturated heterocycles. The SMILES string of the molecule is CCc1nc2[nH]cc(F)c2cc1Oc1cc(N2CCC3(CC2)CN([C@@H]2CCC[C@@H]2c2ccccc2C(C)C)C3)ccc1C(=O)NS(=O)(=O)c1ccc(NC[C@H]2CC[C@](C)(O)CC2)c([N+](=O)[O-])c1. The van der Waals surface area contributed by atoms with Crippen LogP contribution in [0.3, 0.4) is 0 Å². The molecule has 4 heterocycles. The molecule has 1 amide bonds. The number of benzene rings is 3. The number of H-pyrrole nitrogens is 1. The van der Waals surface area contributed by atoms with E-state index >= 15 is 0 Å². The lowest BCUT2D eigenvalue weighted by Crippen LogP contribution is -2.63. The zero-order valence-electron chi connectivity index (χ0n) is 38.8. The number of halogens is 1. The molecule has 14 nitrogen and oxygen atoms in total. The van der Waals surface area contributed by atoms with Gasteiger partial charge in [-0.1, -0.05) is 51.5 Å². The molecular formula is C51H62FN7O7S. The molecule has 356 valence electrons. The first-order valence-electron chi connectivity index (χ1n) is 23.9. The number of aryl methyl sites for hydroxylation is 1. The van der Waals surface area contributed by atoms with E-state index in [0.717, 1.165) is 63.6 Å². The van der Waals surface area contributed by atoms with Gasteiger partial charge in [0.2, 0.25) is 0 Å². The molecule has 5 aromatic rings. The van der Waals surface area contributed by atoms with E-state index in [1.165, 1.54) is 60.9 Å². The minimum Gasteiger partial charge on any atom is -0.455 e. The summed E-state index contributed by atoms with van der Waals surface area (Å²) in [6.07, 6.45) is 10.1. The molecular weight excluding hydrogens is 874 g/mol. The molecule has 0 bridgehead atoms. The molecule has 2 aliphatic carbocycles. The fourth-order valence-corrected chi connectivity index (χ4v) is 12.2. The van der Waals surface area contributed by atoms with E-state index in [0.29, 0.717) is 55.0 Å². The van der Waals surface area contributed by atoms with Gasteiger partial charge in [0.05, 0.1) is 32.1 Å². The predicted octanol–water partition coefficient (Wildman–Crippen LogP) is 9.80. The quantitative estimate of drug-likeness (QED) is 0.0614. The molecule has 2 aromatic heterocycles. The highest BCUT2D eigenvalue weighted by Gasteiger charge is 2.49. The van der Waals surface area contributed by atoms with Gasteiger partial charge in [0.15, 0.2) is 0 Å². The number of aromatic amines is 1. The second-order valence-electron chi connectivity index (χ2n) is 20.1. The second kappa shape index (κ2) is 18.5. The van der Waals surface area contributed by atoms with Gasteiger partial charge in [0.25, 0.3) is 21.6 Å². The zero-order chi connectivity index (χ0) is 47.3. The summed E-state index contributed by atoms with van der Waals surface area (Å²) < 4.78 is 51.1. The standard InChI is InChI=1S/C51H62FN7O7S/c1-5-42-47(27-40-41(52)29-54-48(40)55-42)66-46-25-34(57-23-21-51(22-24-57)30-58(31-51)44-12-8-11-38(44)37-10-7-6-9-36(37)32(2)3)13-15-39(46)49(60)56-67(64,65)35-14-16-43(45(26-35)59(62)63)53-28-33-17-19-50(4,61)20-18-33/h6-7,9-10,13-16,25-27,29,32-33,38,44,53,61H,5,8,11-12,17-24,28,30-31H2,1-4H3,(H,54,55)(H,56,60)/t33-,38-,44-,50-/m1/s1. The van der Waals surface area contributed by atoms with Crippen molar-refractivity contribution in [1.82, 2.24) is 19.6 Å². The summed E-state index contributed by atoms with van der Waals surface area (Å²) in [4.78, 5) is 37.6. The average molecular weight is 936 g/mol. The van der Waals surface area contributed by atoms with E-state index in [2.05, 4.69) is 67.9 Å². The Morgan fingerprint density at radius 1 is 1.01 bits per heavy atom. The molecule has 0 radical (unpaired) electrons. The molecule has 0 unspecified atom stereocenters. The summed E-state index contributed by atoms with van der Waals surface area (Å²) in [7, 11) is -4.63. The van der Waals surface area contributed by atoms with Gasteiger partial charge in [-0.3, -0.25) is 19.8 Å². The van der Waals surface area contributed by atoms with Crippen LogP contribution in [-0.4, -0.2) is 83.6 Å². The van der Waals surface area contributed by atoms with Crippen molar-refractivity contribution < 1.29 is 32.4 Å². The number of carbonyl (C=O) groups excluding carboxylic acids is 1. The number of anilines is 2. The van der Waals surface area contributed by atoms with Crippen LogP contribution in [0.15, 0.2) is 77.8 Å². The van der Waals surface area contributed by atoms with Gasteiger partial charge in [0, 0.05) is 62.8 Å². The Hall–Kier alpha value is -5.58. The van der Waals surface area contributed by atoms with Crippen LogP contribution < -0.4 is 19.7 Å². The van der Waals surface area contributed by atoms with Gasteiger partial charge in [0.1, 0.15) is 28.7 Å². The number of nitro benzene ring substituents is 1. The topological polar surface area (TPSA) is 183 Å². The molecule has 2 saturated carbocycles. The normalized spacial score (nSPS) is 23.1. The van der Waals surface area contributed by atoms with Crippen LogP contribution >= 0.6 is 0 Å². The van der Waals surface area contributed by atoms with Crippen molar-refractivity contribution in [3.05, 3.63) is 111 Å². The van der Waals surface area contributed by atoms with Gasteiger partial charge in [-0.15, -0.1) is 0 Å². The number of likely N-dealkylation sites (tertiary alicyclic amines) is 1. The number of pyridine rings is 1. The first kappa shape index (κ1) is 46.5. The molecule has 9 rings (SSSR count). The number of nitrogens with one attached hydrogen (secondary N) is 3. The monoisotopic (exact) mass is 935 g/mol. The molecule has 67 heavy (non-hydrogen) atoms. The van der Waals surface area contributed by atoms with Crippen molar-refractivity contribution in [3.63, 3.8) is 0 Å². The number of nitro groups is 1. The Morgan fingerprint density at radius 2 is 1.76 bits per heavy atom. The minimum atomic E-state index is -4.63. The number of ether oxygens (including phenoxy) is 1. The maximum atomic E-state index is 14.8. The Balaban J connectivity index is 0.927. The van der Waals surface area contributed by atoms with E-state index in [9.17, 15) is 32.8 Å². The first-order chi connectivity index (χ1) is 32.0. The third kappa shape index (κ3) is 9.62. The van der Waals surface area contributed by atoms with Crippen molar-refractivity contribution in [3.8, 4) is 11.5 Å². The van der Waals surface area contributed by atoms with Crippen molar-refractivity contribution in [2.24, 2.45) is 11.3 Å². The van der Waals surface area contributed by atoms with E-state index < -0.39 is 42.9 Å². The summed E-state index contributed by atoms with van der Waals surface area (Å²) in [6.45, 7) is 12.4. The van der Waals surface area contributed by atoms with E-state index in [1.807, 2.05) is 6.92 Å². The number of sulfonamides is 1. The summed E-state index contributed by atoms with van der Waals surface area (Å²) in [5.74, 6) is -0.0350. The molecule has 4 N–H and O–H groups in total. The third-order valence-electron chi connectivity index (χ3n) is 15.1. The van der Waals surface area contributed by atoms with E-state index in [-0.39, 0.29) is 39.5 Å². The number of fused-ring (bicyclic) bond motifs is 1. The molecule has 16 heteroatoms. The number of hydrogen-bond donors (Lipinski definition) is 4. The van der Waals surface area contributed by atoms with Crippen molar-refractivity contribution in [2.45, 2.75) is 120 Å². The fourth-order valence-electron chi connectivity index (χ4n) is 11.2. The van der Waals surface area contributed by atoms with Crippen molar-refractivity contribution in [1.29, 1.82) is 0 Å². The largest absolute Gasteiger partial charge is 0.455 e. The highest BCUT2D eigenvalue weighted by Crippen LogP contribution is 2.49. The smallest absolute Gasteiger partial charge is 0.293 e. The minimum absolute atomic E-state index is 0.0517. The maximum Gasteiger partial charge on any atom is 0.293 e. The lowest BCUT2D eigenvalue weighted by Gasteiger charge is -2.57. The maximum absolute atomic E-state index is 14.8. The van der Waals surface area contributed by atoms with Crippen LogP contribution in [0.25, 0.3) is 11.0 Å². The lowest BCUT2D eigenvalue weighted by molar-refractivity contribution is -0.384. The molecule has 1 spiro atoms. The van der Waals surface area contributed by atoms with Gasteiger partial charge >= 0.3 is 0 Å². The summed E-state index contributed by atoms with van der Waals surface area (Å²) in [5.41, 5.74) is 3.72. The van der Waals surface area contributed by atoms with Crippen LogP contribution in [-0.2, 0) is 16.4 Å². The van der Waals surface area contributed by atoms with Crippen LogP contribution in [0.5, 0.6) is 11.5 Å². The number of rotatable bonds is 14. The predicted molar refractivity (Wildman–Crippen MR) is 257 cm³/mol. The van der Waals surface area contributed by atoms with Gasteiger partial charge < -0.3 is 25.0 Å². The Labute approximate surface area is 391 Å². The molecule has 4 aliphatic rings. The molecule has 4 fully saturated rings. The molecule has 2 atom stereocenters. The van der Waals surface area contributed by atoms with Crippen LogP contribution in [0.4, 0.5) is 21.5 Å². The third-order valence-corrected chi connectivity index (χ3v) is 16.4. The Morgan fingerprint density at radius 3 is 2.48 bits per heavy atom. The van der Waals surface area contributed by atoms with Crippen LogP contribution in [0.2, 0.25) is 0 Å². The number of piperidine rings is 1. The highest BCUT2D eigenvalue weighted by molar-refractivity contribution is 7.90. The molecule has 3 aromatic carbocycles. The number of aromatic nitrogens is 2. The van der Waals surface area contributed by atoms with Gasteiger partial charge in [-0.2, -0.15) is 0 Å². The van der Waals surface area contributed by atoms with Crippen LogP contribution in [0.1, 0.15) is 124 Å². The molecule has 2 aliphatic heterocycles. The fraction of sp³-hybridized carbons (Fsp3) is 0.490. The zero-order valence-corrected chi connectivity index (χ0v) is 39.6. The average Bonchev–Trinajstić information content (AvgIpc) is 3.93. The van der Waals surface area contributed by atoms with Gasteiger partial charge in [-0.05, 0) is 129 Å². The van der Waals surface area contributed by atoms with Crippen molar-refractivity contribution in [2.75, 3.05) is 42.9 Å². The first-order valence-corrected chi connectivity index (χ1v) is 25.4. The van der Waals surface area contributed by atoms with Crippen molar-refractivity contribution >= 4 is 44.0 Å². The summed E-state index contributed by atoms with van der Waals surface area (Å²) >= 11 is 0. The Kier molecular flexibility index (Phi) is 12.8. The lowest BCUT2D eigenvalue weighted by atomic mass is 9.70. The number of nitrogens with zero attached hydrogens (tertiary/aromatic N) is 4. The van der Waals surface area contributed by atoms with Crippen LogP contribution in [0, 0.1) is 27.3 Å². The summed E-state index contributed by atoms with van der Waals surface area (Å²) in [5, 5.41) is 25.8. The highest BCUT2D eigenvalue weighted by atomic mass is 32.2. The van der Waals surface area contributed by atoms with E-state index in [1.54, 1.807) is 19.1 Å². The number of hydrogen-bond acceptors (Lipinski definition) is 11. The summed E-state index contributed by atoms with van der Waals surface area (Å²) in [6, 6.07) is 19.6.